The predicted molar refractivity (Wildman–Crippen MR) is 84.8 cm³/mol. The van der Waals surface area contributed by atoms with Crippen molar-refractivity contribution < 1.29 is 8.42 Å². The third kappa shape index (κ3) is 3.95. The molecule has 0 atom stereocenters. The van der Waals surface area contributed by atoms with Crippen LogP contribution in [-0.2, 0) is 10.0 Å². The minimum absolute atomic E-state index is 0.117. The lowest BCUT2D eigenvalue weighted by molar-refractivity contribution is 0.335. The number of sulfonamides is 1. The highest BCUT2D eigenvalue weighted by Gasteiger charge is 2.28. The summed E-state index contributed by atoms with van der Waals surface area (Å²) in [5.41, 5.74) is 0. The van der Waals surface area contributed by atoms with Crippen LogP contribution in [0.3, 0.4) is 0 Å². The Morgan fingerprint density at radius 2 is 1.90 bits per heavy atom. The van der Waals surface area contributed by atoms with Gasteiger partial charge in [0.25, 0.3) is 0 Å². The Labute approximate surface area is 127 Å². The number of hydrogen-bond donors (Lipinski definition) is 1. The van der Waals surface area contributed by atoms with Gasteiger partial charge in [0.15, 0.2) is 0 Å². The third-order valence-electron chi connectivity index (χ3n) is 4.11. The molecule has 2 rings (SSSR count). The van der Waals surface area contributed by atoms with Crippen molar-refractivity contribution in [2.45, 2.75) is 56.4 Å². The Bertz CT molecular complexity index is 535. The van der Waals surface area contributed by atoms with Gasteiger partial charge in [-0.05, 0) is 31.9 Å². The molecule has 1 aromatic heterocycles. The molecule has 1 aliphatic carbocycles. The highest BCUT2D eigenvalue weighted by Crippen LogP contribution is 2.25. The first-order chi connectivity index (χ1) is 10.1. The first kappa shape index (κ1) is 16.2. The average molecular weight is 311 g/mol. The molecule has 1 fully saturated rings. The average Bonchev–Trinajstić information content (AvgIpc) is 2.76. The van der Waals surface area contributed by atoms with E-state index in [0.717, 1.165) is 32.2 Å². The summed E-state index contributed by atoms with van der Waals surface area (Å²) in [4.78, 5) is 4.44. The van der Waals surface area contributed by atoms with Crippen LogP contribution in [0.1, 0.15) is 45.4 Å². The monoisotopic (exact) mass is 311 g/mol. The lowest BCUT2D eigenvalue weighted by Gasteiger charge is -2.26. The number of hydrogen-bond acceptors (Lipinski definition) is 4. The van der Waals surface area contributed by atoms with Gasteiger partial charge < -0.3 is 5.32 Å². The molecule has 0 aliphatic heterocycles. The van der Waals surface area contributed by atoms with E-state index in [0.29, 0.717) is 5.82 Å². The Kier molecular flexibility index (Phi) is 5.58. The van der Waals surface area contributed by atoms with Crippen LogP contribution in [0.25, 0.3) is 0 Å². The molecule has 0 saturated heterocycles. The first-order valence-electron chi connectivity index (χ1n) is 7.73. The van der Waals surface area contributed by atoms with Crippen molar-refractivity contribution in [1.29, 1.82) is 0 Å². The highest BCUT2D eigenvalue weighted by molar-refractivity contribution is 7.89. The number of pyridine rings is 1. The normalized spacial score (nSPS) is 17.7. The summed E-state index contributed by atoms with van der Waals surface area (Å²) in [5.74, 6) is 0.702. The van der Waals surface area contributed by atoms with E-state index < -0.39 is 10.0 Å². The molecular weight excluding hydrogens is 286 g/mol. The van der Waals surface area contributed by atoms with Gasteiger partial charge in [-0.2, -0.15) is 4.31 Å². The fourth-order valence-corrected chi connectivity index (χ4v) is 4.16. The van der Waals surface area contributed by atoms with Crippen molar-refractivity contribution in [3.63, 3.8) is 0 Å². The third-order valence-corrected chi connectivity index (χ3v) is 6.00. The maximum absolute atomic E-state index is 12.7. The molecule has 6 heteroatoms. The van der Waals surface area contributed by atoms with Crippen LogP contribution in [-0.4, -0.2) is 37.3 Å². The zero-order valence-corrected chi connectivity index (χ0v) is 13.7. The van der Waals surface area contributed by atoms with Crippen molar-refractivity contribution in [2.24, 2.45) is 0 Å². The van der Waals surface area contributed by atoms with E-state index in [1.165, 1.54) is 19.0 Å². The van der Waals surface area contributed by atoms with Crippen molar-refractivity contribution in [3.05, 3.63) is 18.3 Å². The lowest BCUT2D eigenvalue weighted by atomic mass is 10.1. The molecule has 0 bridgehead atoms. The van der Waals surface area contributed by atoms with Crippen LogP contribution in [0.15, 0.2) is 23.2 Å². The summed E-state index contributed by atoms with van der Waals surface area (Å²) < 4.78 is 26.9. The zero-order valence-electron chi connectivity index (χ0n) is 12.9. The molecule has 21 heavy (non-hydrogen) atoms. The number of nitrogens with one attached hydrogen (secondary N) is 1. The van der Waals surface area contributed by atoms with Crippen LogP contribution in [0.5, 0.6) is 0 Å². The lowest BCUT2D eigenvalue weighted by Crippen LogP contribution is -2.36. The van der Waals surface area contributed by atoms with Crippen LogP contribution in [0, 0.1) is 0 Å². The molecule has 0 spiro atoms. The van der Waals surface area contributed by atoms with Crippen molar-refractivity contribution in [3.8, 4) is 0 Å². The molecule has 0 aromatic carbocycles. The van der Waals surface area contributed by atoms with Crippen molar-refractivity contribution in [2.75, 3.05) is 18.9 Å². The molecule has 1 aliphatic rings. The van der Waals surface area contributed by atoms with E-state index in [1.54, 1.807) is 23.5 Å². The first-order valence-corrected chi connectivity index (χ1v) is 9.17. The van der Waals surface area contributed by atoms with Crippen LogP contribution >= 0.6 is 0 Å². The van der Waals surface area contributed by atoms with Crippen molar-refractivity contribution in [1.82, 2.24) is 9.29 Å². The Hall–Kier alpha value is -1.14. The molecule has 118 valence electrons. The van der Waals surface area contributed by atoms with Crippen LogP contribution in [0.2, 0.25) is 0 Å². The minimum atomic E-state index is -3.44. The highest BCUT2D eigenvalue weighted by atomic mass is 32.2. The summed E-state index contributed by atoms with van der Waals surface area (Å²) >= 11 is 0. The van der Waals surface area contributed by atoms with E-state index in [9.17, 15) is 8.42 Å². The molecule has 5 nitrogen and oxygen atoms in total. The van der Waals surface area contributed by atoms with Crippen molar-refractivity contribution >= 4 is 15.8 Å². The maximum atomic E-state index is 12.7. The van der Waals surface area contributed by atoms with Gasteiger partial charge in [-0.3, -0.25) is 0 Å². The second-order valence-electron chi connectivity index (χ2n) is 5.58. The number of anilines is 1. The topological polar surface area (TPSA) is 62.3 Å². The molecule has 0 radical (unpaired) electrons. The Balaban J connectivity index is 2.15. The van der Waals surface area contributed by atoms with Gasteiger partial charge in [0.2, 0.25) is 10.0 Å². The fraction of sp³-hybridized carbons (Fsp3) is 0.667. The number of aromatic nitrogens is 1. The van der Waals surface area contributed by atoms with Crippen LogP contribution < -0.4 is 5.32 Å². The van der Waals surface area contributed by atoms with Gasteiger partial charge in [0.1, 0.15) is 10.7 Å². The van der Waals surface area contributed by atoms with E-state index in [1.807, 2.05) is 6.92 Å². The Morgan fingerprint density at radius 1 is 1.24 bits per heavy atom. The smallest absolute Gasteiger partial charge is 0.244 e. The van der Waals surface area contributed by atoms with E-state index in [2.05, 4.69) is 10.3 Å². The van der Waals surface area contributed by atoms with Gasteiger partial charge in [-0.25, -0.2) is 13.4 Å². The second kappa shape index (κ2) is 7.22. The molecule has 1 aromatic rings. The summed E-state index contributed by atoms with van der Waals surface area (Å²) in [7, 11) is -1.75. The van der Waals surface area contributed by atoms with E-state index in [4.69, 9.17) is 0 Å². The predicted octanol–water partition coefficient (Wildman–Crippen LogP) is 2.86. The number of nitrogens with zero attached hydrogens (tertiary/aromatic N) is 2. The maximum Gasteiger partial charge on any atom is 0.244 e. The zero-order chi connectivity index (χ0) is 15.3. The number of rotatable bonds is 5. The molecule has 1 N–H and O–H groups in total. The van der Waals surface area contributed by atoms with E-state index in [-0.39, 0.29) is 10.9 Å². The molecule has 1 heterocycles. The second-order valence-corrected chi connectivity index (χ2v) is 7.57. The largest absolute Gasteiger partial charge is 0.370 e. The SMILES string of the molecule is CCNc1ccc(S(=O)(=O)N(C)C2CCCCCC2)cn1. The van der Waals surface area contributed by atoms with Gasteiger partial charge in [-0.15, -0.1) is 0 Å². The van der Waals surface area contributed by atoms with E-state index >= 15 is 0 Å². The molecule has 0 unspecified atom stereocenters. The quantitative estimate of drug-likeness (QED) is 0.849. The van der Waals surface area contributed by atoms with Crippen LogP contribution in [0.4, 0.5) is 5.82 Å². The van der Waals surface area contributed by atoms with Gasteiger partial charge in [-0.1, -0.05) is 25.7 Å². The standard InChI is InChI=1S/C15H25N3O2S/c1-3-16-15-11-10-14(12-17-15)21(19,20)18(2)13-8-6-4-5-7-9-13/h10-13H,3-9H2,1-2H3,(H,16,17). The molecular formula is C15H25N3O2S. The minimum Gasteiger partial charge on any atom is -0.370 e. The van der Waals surface area contributed by atoms with Gasteiger partial charge >= 0.3 is 0 Å². The van der Waals surface area contributed by atoms with Gasteiger partial charge in [0.05, 0.1) is 0 Å². The summed E-state index contributed by atoms with van der Waals surface area (Å²) in [6, 6.07) is 3.47. The molecule has 1 saturated carbocycles. The summed E-state index contributed by atoms with van der Waals surface area (Å²) in [5, 5.41) is 3.07. The van der Waals surface area contributed by atoms with Gasteiger partial charge in [0, 0.05) is 25.8 Å². The summed E-state index contributed by atoms with van der Waals surface area (Å²) in [6.45, 7) is 2.74. The Morgan fingerprint density at radius 3 is 2.43 bits per heavy atom. The molecule has 0 amide bonds. The fourth-order valence-electron chi connectivity index (χ4n) is 2.80. The summed E-state index contributed by atoms with van der Waals surface area (Å²) in [6.07, 6.45) is 8.01.